The van der Waals surface area contributed by atoms with Crippen LogP contribution in [0.3, 0.4) is 0 Å². The van der Waals surface area contributed by atoms with Gasteiger partial charge in [0.05, 0.1) is 12.3 Å². The van der Waals surface area contributed by atoms with Gasteiger partial charge < -0.3 is 14.8 Å². The molecular formula is C16H16FN3O2S. The Labute approximate surface area is 136 Å². The minimum atomic E-state index is -0.251. The first-order valence-corrected chi connectivity index (χ1v) is 8.04. The van der Waals surface area contributed by atoms with Crippen LogP contribution in [0.1, 0.15) is 28.8 Å². The maximum Gasteiger partial charge on any atom is 0.206 e. The van der Waals surface area contributed by atoms with Crippen molar-refractivity contribution in [3.05, 3.63) is 64.8 Å². The summed E-state index contributed by atoms with van der Waals surface area (Å²) in [6, 6.07) is 9.85. The van der Waals surface area contributed by atoms with Gasteiger partial charge in [-0.1, -0.05) is 23.5 Å². The molecule has 1 unspecified atom stereocenters. The van der Waals surface area contributed by atoms with Gasteiger partial charge in [-0.05, 0) is 36.2 Å². The van der Waals surface area contributed by atoms with E-state index >= 15 is 0 Å². The zero-order valence-electron chi connectivity index (χ0n) is 12.3. The normalized spacial score (nSPS) is 12.3. The summed E-state index contributed by atoms with van der Waals surface area (Å²) in [5.41, 5.74) is 0.979. The fourth-order valence-corrected chi connectivity index (χ4v) is 3.04. The van der Waals surface area contributed by atoms with Gasteiger partial charge >= 0.3 is 0 Å². The molecule has 1 aromatic carbocycles. The van der Waals surface area contributed by atoms with Gasteiger partial charge in [-0.15, -0.1) is 10.2 Å². The van der Waals surface area contributed by atoms with E-state index in [9.17, 15) is 9.50 Å². The number of aromatic nitrogens is 2. The molecule has 0 fully saturated rings. The minimum Gasteiger partial charge on any atom is -0.467 e. The number of furan rings is 1. The van der Waals surface area contributed by atoms with Crippen molar-refractivity contribution in [2.75, 3.05) is 11.9 Å². The summed E-state index contributed by atoms with van der Waals surface area (Å²) in [6.45, 7) is 0.0413. The van der Waals surface area contributed by atoms with Crippen LogP contribution in [0.2, 0.25) is 0 Å². The Kier molecular flexibility index (Phi) is 4.99. The molecule has 3 rings (SSSR count). The Morgan fingerprint density at radius 2 is 2.04 bits per heavy atom. The molecule has 0 aliphatic rings. The Bertz CT molecular complexity index is 728. The third kappa shape index (κ3) is 4.14. The van der Waals surface area contributed by atoms with E-state index in [-0.39, 0.29) is 18.5 Å². The highest BCUT2D eigenvalue weighted by Gasteiger charge is 2.16. The lowest BCUT2D eigenvalue weighted by Crippen LogP contribution is -2.11. The second kappa shape index (κ2) is 7.34. The Morgan fingerprint density at radius 1 is 1.22 bits per heavy atom. The molecule has 2 N–H and O–H groups in total. The molecule has 0 aliphatic carbocycles. The molecule has 0 spiro atoms. The fourth-order valence-electron chi connectivity index (χ4n) is 2.21. The first kappa shape index (κ1) is 15.6. The summed E-state index contributed by atoms with van der Waals surface area (Å²) < 4.78 is 18.3. The van der Waals surface area contributed by atoms with Crippen LogP contribution < -0.4 is 5.32 Å². The highest BCUT2D eigenvalue weighted by Crippen LogP contribution is 2.26. The smallest absolute Gasteiger partial charge is 0.206 e. The van der Waals surface area contributed by atoms with Crippen LogP contribution in [0.15, 0.2) is 47.1 Å². The average molecular weight is 333 g/mol. The van der Waals surface area contributed by atoms with Crippen LogP contribution in [0.4, 0.5) is 9.52 Å². The summed E-state index contributed by atoms with van der Waals surface area (Å²) in [5, 5.41) is 22.2. The second-order valence-corrected chi connectivity index (χ2v) is 6.09. The number of hydrogen-bond donors (Lipinski definition) is 2. The second-order valence-electron chi connectivity index (χ2n) is 5.03. The standard InChI is InChI=1S/C16H16FN3O2S/c17-12-5-3-11(4-6-12)10-15-19-20-16(23-15)18-13(7-8-21)14-2-1-9-22-14/h1-6,9,13,21H,7-8,10H2,(H,18,20). The van der Waals surface area contributed by atoms with Gasteiger partial charge in [-0.25, -0.2) is 4.39 Å². The van der Waals surface area contributed by atoms with Gasteiger partial charge in [0.1, 0.15) is 16.6 Å². The van der Waals surface area contributed by atoms with Gasteiger partial charge in [0.15, 0.2) is 0 Å². The Hall–Kier alpha value is -2.25. The molecule has 7 heteroatoms. The quantitative estimate of drug-likeness (QED) is 0.693. The first-order chi connectivity index (χ1) is 11.2. The molecule has 2 aromatic heterocycles. The molecule has 23 heavy (non-hydrogen) atoms. The maximum absolute atomic E-state index is 12.9. The van der Waals surface area contributed by atoms with E-state index in [0.29, 0.717) is 18.0 Å². The van der Waals surface area contributed by atoms with Crippen LogP contribution in [-0.4, -0.2) is 21.9 Å². The monoisotopic (exact) mass is 333 g/mol. The topological polar surface area (TPSA) is 71.2 Å². The van der Waals surface area contributed by atoms with Crippen molar-refractivity contribution >= 4 is 16.5 Å². The van der Waals surface area contributed by atoms with Crippen molar-refractivity contribution in [2.45, 2.75) is 18.9 Å². The largest absolute Gasteiger partial charge is 0.467 e. The number of aliphatic hydroxyl groups is 1. The predicted octanol–water partition coefficient (Wildman–Crippen LogP) is 3.40. The highest BCUT2D eigenvalue weighted by atomic mass is 32.1. The van der Waals surface area contributed by atoms with Gasteiger partial charge in [-0.2, -0.15) is 0 Å². The zero-order chi connectivity index (χ0) is 16.1. The van der Waals surface area contributed by atoms with Crippen LogP contribution in [0.25, 0.3) is 0 Å². The molecule has 0 amide bonds. The third-order valence-corrected chi connectivity index (χ3v) is 4.19. The number of rotatable bonds is 7. The molecule has 3 aromatic rings. The molecular weight excluding hydrogens is 317 g/mol. The van der Waals surface area contributed by atoms with Crippen LogP contribution >= 0.6 is 11.3 Å². The van der Waals surface area contributed by atoms with Crippen molar-refractivity contribution in [3.63, 3.8) is 0 Å². The number of halogens is 1. The van der Waals surface area contributed by atoms with E-state index in [4.69, 9.17) is 4.42 Å². The summed E-state index contributed by atoms with van der Waals surface area (Å²) in [7, 11) is 0. The molecule has 0 saturated carbocycles. The van der Waals surface area contributed by atoms with Gasteiger partial charge in [0.25, 0.3) is 0 Å². The van der Waals surface area contributed by atoms with Crippen LogP contribution in [-0.2, 0) is 6.42 Å². The Balaban J connectivity index is 1.67. The van der Waals surface area contributed by atoms with Crippen molar-refractivity contribution in [2.24, 2.45) is 0 Å². The van der Waals surface area contributed by atoms with Gasteiger partial charge in [0, 0.05) is 13.0 Å². The zero-order valence-corrected chi connectivity index (χ0v) is 13.1. The van der Waals surface area contributed by atoms with E-state index < -0.39 is 0 Å². The molecule has 1 atom stereocenters. The van der Waals surface area contributed by atoms with Crippen molar-refractivity contribution in [1.82, 2.24) is 10.2 Å². The van der Waals surface area contributed by atoms with Crippen molar-refractivity contribution < 1.29 is 13.9 Å². The lowest BCUT2D eigenvalue weighted by atomic mass is 10.1. The highest BCUT2D eigenvalue weighted by molar-refractivity contribution is 7.15. The molecule has 120 valence electrons. The summed E-state index contributed by atoms with van der Waals surface area (Å²) >= 11 is 1.43. The van der Waals surface area contributed by atoms with Gasteiger partial charge in [-0.3, -0.25) is 0 Å². The predicted molar refractivity (Wildman–Crippen MR) is 85.9 cm³/mol. The first-order valence-electron chi connectivity index (χ1n) is 7.22. The van der Waals surface area contributed by atoms with Crippen LogP contribution in [0, 0.1) is 5.82 Å². The van der Waals surface area contributed by atoms with E-state index in [1.807, 2.05) is 6.07 Å². The molecule has 5 nitrogen and oxygen atoms in total. The van der Waals surface area contributed by atoms with Crippen molar-refractivity contribution in [1.29, 1.82) is 0 Å². The van der Waals surface area contributed by atoms with Crippen molar-refractivity contribution in [3.8, 4) is 0 Å². The SMILES string of the molecule is OCCC(Nc1nnc(Cc2ccc(F)cc2)s1)c1ccco1. The number of benzene rings is 1. The van der Waals surface area contributed by atoms with E-state index in [2.05, 4.69) is 15.5 Å². The molecule has 0 radical (unpaired) electrons. The third-order valence-electron chi connectivity index (χ3n) is 3.34. The number of aliphatic hydroxyl groups excluding tert-OH is 1. The van der Waals surface area contributed by atoms with Gasteiger partial charge in [0.2, 0.25) is 5.13 Å². The lowest BCUT2D eigenvalue weighted by molar-refractivity contribution is 0.273. The van der Waals surface area contributed by atoms with E-state index in [0.717, 1.165) is 16.3 Å². The Morgan fingerprint density at radius 3 is 2.74 bits per heavy atom. The van der Waals surface area contributed by atoms with Crippen LogP contribution in [0.5, 0.6) is 0 Å². The summed E-state index contributed by atoms with van der Waals surface area (Å²) in [6.07, 6.45) is 2.72. The number of hydrogen-bond acceptors (Lipinski definition) is 6. The molecule has 0 bridgehead atoms. The number of nitrogens with zero attached hydrogens (tertiary/aromatic N) is 2. The minimum absolute atomic E-state index is 0.0413. The summed E-state index contributed by atoms with van der Waals surface area (Å²) in [4.78, 5) is 0. The maximum atomic E-state index is 12.9. The average Bonchev–Trinajstić information content (AvgIpc) is 3.21. The molecule has 0 saturated heterocycles. The lowest BCUT2D eigenvalue weighted by Gasteiger charge is -2.13. The fraction of sp³-hybridized carbons (Fsp3) is 0.250. The molecule has 0 aliphatic heterocycles. The van der Waals surface area contributed by atoms with E-state index in [1.54, 1.807) is 24.5 Å². The van der Waals surface area contributed by atoms with E-state index in [1.165, 1.54) is 23.5 Å². The molecule has 2 heterocycles. The summed E-state index contributed by atoms with van der Waals surface area (Å²) in [5.74, 6) is 0.494. The number of nitrogens with one attached hydrogen (secondary N) is 1. The number of anilines is 1.